The molecule has 1 amide bonds. The molecule has 3 rings (SSSR count). The van der Waals surface area contributed by atoms with E-state index in [4.69, 9.17) is 16.3 Å². The predicted molar refractivity (Wildman–Crippen MR) is 103 cm³/mol. The fourth-order valence-corrected chi connectivity index (χ4v) is 2.78. The Balaban J connectivity index is 1.85. The van der Waals surface area contributed by atoms with Crippen LogP contribution in [0.2, 0.25) is 5.02 Å². The molecule has 3 nitrogen and oxygen atoms in total. The third-order valence-electron chi connectivity index (χ3n) is 4.09. The van der Waals surface area contributed by atoms with Crippen LogP contribution in [0.5, 0.6) is 5.75 Å². The number of hydrogen-bond acceptors (Lipinski definition) is 2. The molecule has 3 aromatic rings. The van der Waals surface area contributed by atoms with E-state index in [0.29, 0.717) is 11.3 Å². The molecule has 28 heavy (non-hydrogen) atoms. The molecule has 0 saturated heterocycles. The van der Waals surface area contributed by atoms with E-state index in [1.165, 1.54) is 0 Å². The average Bonchev–Trinajstić information content (AvgIpc) is 2.69. The maximum absolute atomic E-state index is 12.9. The molecular weight excluding hydrogens is 391 g/mol. The highest BCUT2D eigenvalue weighted by atomic mass is 35.5. The molecule has 144 valence electrons. The lowest BCUT2D eigenvalue weighted by molar-refractivity contribution is -0.137. The summed E-state index contributed by atoms with van der Waals surface area (Å²) in [6.07, 6.45) is -4.53. The van der Waals surface area contributed by atoms with Crippen molar-refractivity contribution in [2.24, 2.45) is 0 Å². The highest BCUT2D eigenvalue weighted by Gasteiger charge is 2.31. The number of anilines is 1. The summed E-state index contributed by atoms with van der Waals surface area (Å²) in [6.45, 7) is 0. The second-order valence-electron chi connectivity index (χ2n) is 5.96. The number of rotatable bonds is 4. The van der Waals surface area contributed by atoms with Gasteiger partial charge in [0.25, 0.3) is 5.91 Å². The lowest BCUT2D eigenvalue weighted by Crippen LogP contribution is -2.13. The number of benzene rings is 3. The molecule has 0 fully saturated rings. The summed E-state index contributed by atoms with van der Waals surface area (Å²) in [5.74, 6) is 0.147. The number of carbonyl (C=O) groups is 1. The summed E-state index contributed by atoms with van der Waals surface area (Å²) in [7, 11) is 1.57. The molecule has 0 spiro atoms. The Kier molecular flexibility index (Phi) is 5.61. The summed E-state index contributed by atoms with van der Waals surface area (Å²) >= 11 is 5.94. The Bertz CT molecular complexity index is 1000. The molecule has 0 bridgehead atoms. The molecule has 0 atom stereocenters. The molecule has 0 saturated carbocycles. The van der Waals surface area contributed by atoms with Crippen LogP contribution in [-0.4, -0.2) is 13.0 Å². The van der Waals surface area contributed by atoms with E-state index in [1.54, 1.807) is 37.4 Å². The highest BCUT2D eigenvalue weighted by molar-refractivity contribution is 6.34. The zero-order valence-electron chi connectivity index (χ0n) is 14.7. The quantitative estimate of drug-likeness (QED) is 0.554. The van der Waals surface area contributed by atoms with Crippen molar-refractivity contribution in [1.29, 1.82) is 0 Å². The zero-order chi connectivity index (χ0) is 20.3. The number of halogens is 4. The van der Waals surface area contributed by atoms with Crippen molar-refractivity contribution in [3.05, 3.63) is 82.9 Å². The molecule has 0 aliphatic heterocycles. The molecule has 3 aromatic carbocycles. The van der Waals surface area contributed by atoms with Crippen LogP contribution in [0.1, 0.15) is 15.9 Å². The van der Waals surface area contributed by atoms with Crippen LogP contribution < -0.4 is 10.1 Å². The third kappa shape index (κ3) is 4.46. The maximum Gasteiger partial charge on any atom is 0.416 e. The minimum absolute atomic E-state index is 0.0210. The summed E-state index contributed by atoms with van der Waals surface area (Å²) in [5, 5.41) is 2.47. The summed E-state index contributed by atoms with van der Waals surface area (Å²) in [6, 6.07) is 16.8. The minimum atomic E-state index is -4.53. The molecule has 0 radical (unpaired) electrons. The van der Waals surface area contributed by atoms with Crippen molar-refractivity contribution in [3.63, 3.8) is 0 Å². The number of methoxy groups -OCH3 is 1. The number of amides is 1. The average molecular weight is 406 g/mol. The van der Waals surface area contributed by atoms with Gasteiger partial charge in [0.15, 0.2) is 0 Å². The van der Waals surface area contributed by atoms with Crippen molar-refractivity contribution in [3.8, 4) is 16.9 Å². The first-order valence-corrected chi connectivity index (χ1v) is 8.58. The van der Waals surface area contributed by atoms with Gasteiger partial charge in [-0.25, -0.2) is 0 Å². The SMILES string of the molecule is COc1ccc(-c2cccc(C(=O)Nc3cc(C(F)(F)F)ccc3Cl)c2)cc1. The maximum atomic E-state index is 12.9. The fraction of sp³-hybridized carbons (Fsp3) is 0.0952. The van der Waals surface area contributed by atoms with Crippen LogP contribution in [0, 0.1) is 0 Å². The normalized spacial score (nSPS) is 11.2. The second-order valence-corrected chi connectivity index (χ2v) is 6.36. The number of nitrogens with one attached hydrogen (secondary N) is 1. The highest BCUT2D eigenvalue weighted by Crippen LogP contribution is 2.34. The molecule has 7 heteroatoms. The van der Waals surface area contributed by atoms with Crippen molar-refractivity contribution in [1.82, 2.24) is 0 Å². The predicted octanol–water partition coefficient (Wildman–Crippen LogP) is 6.29. The summed E-state index contributed by atoms with van der Waals surface area (Å²) < 4.78 is 43.8. The Morgan fingerprint density at radius 2 is 1.68 bits per heavy atom. The molecular formula is C21H15ClF3NO2. The van der Waals surface area contributed by atoms with Crippen LogP contribution >= 0.6 is 11.6 Å². The van der Waals surface area contributed by atoms with Crippen LogP contribution in [0.4, 0.5) is 18.9 Å². The first-order chi connectivity index (χ1) is 13.3. The van der Waals surface area contributed by atoms with Crippen molar-refractivity contribution >= 4 is 23.2 Å². The first kappa shape index (κ1) is 19.8. The molecule has 0 heterocycles. The molecule has 0 aromatic heterocycles. The van der Waals surface area contributed by atoms with Gasteiger partial charge in [-0.3, -0.25) is 4.79 Å². The van der Waals surface area contributed by atoms with Gasteiger partial charge in [-0.15, -0.1) is 0 Å². The van der Waals surface area contributed by atoms with E-state index >= 15 is 0 Å². The van der Waals surface area contributed by atoms with Crippen molar-refractivity contribution in [2.75, 3.05) is 12.4 Å². The Hall–Kier alpha value is -2.99. The van der Waals surface area contributed by atoms with Gasteiger partial charge in [-0.05, 0) is 53.6 Å². The van der Waals surface area contributed by atoms with Crippen molar-refractivity contribution in [2.45, 2.75) is 6.18 Å². The third-order valence-corrected chi connectivity index (χ3v) is 4.42. The number of hydrogen-bond donors (Lipinski definition) is 1. The monoisotopic (exact) mass is 405 g/mol. The topological polar surface area (TPSA) is 38.3 Å². The van der Waals surface area contributed by atoms with Gasteiger partial charge >= 0.3 is 6.18 Å². The van der Waals surface area contributed by atoms with Gasteiger partial charge in [-0.1, -0.05) is 35.9 Å². The van der Waals surface area contributed by atoms with E-state index in [-0.39, 0.29) is 10.7 Å². The van der Waals surface area contributed by atoms with Gasteiger partial charge in [-0.2, -0.15) is 13.2 Å². The summed E-state index contributed by atoms with van der Waals surface area (Å²) in [4.78, 5) is 12.5. The van der Waals surface area contributed by atoms with Gasteiger partial charge in [0.1, 0.15) is 5.75 Å². The van der Waals surface area contributed by atoms with Crippen LogP contribution in [0.25, 0.3) is 11.1 Å². The number of ether oxygens (including phenoxy) is 1. The van der Waals surface area contributed by atoms with Gasteiger partial charge in [0, 0.05) is 5.56 Å². The summed E-state index contributed by atoms with van der Waals surface area (Å²) in [5.41, 5.74) is 0.954. The Morgan fingerprint density at radius 3 is 2.32 bits per heavy atom. The smallest absolute Gasteiger partial charge is 0.416 e. The van der Waals surface area contributed by atoms with Crippen LogP contribution in [-0.2, 0) is 6.18 Å². The number of alkyl halides is 3. The largest absolute Gasteiger partial charge is 0.497 e. The zero-order valence-corrected chi connectivity index (χ0v) is 15.4. The Morgan fingerprint density at radius 1 is 0.964 bits per heavy atom. The van der Waals surface area contributed by atoms with E-state index in [9.17, 15) is 18.0 Å². The lowest BCUT2D eigenvalue weighted by Gasteiger charge is -2.12. The Labute approximate surface area is 164 Å². The lowest BCUT2D eigenvalue weighted by atomic mass is 10.0. The second kappa shape index (κ2) is 7.94. The van der Waals surface area contributed by atoms with Crippen LogP contribution in [0.15, 0.2) is 66.7 Å². The molecule has 0 aliphatic carbocycles. The molecule has 1 N–H and O–H groups in total. The molecule has 0 aliphatic rings. The fourth-order valence-electron chi connectivity index (χ4n) is 2.62. The first-order valence-electron chi connectivity index (χ1n) is 8.20. The number of carbonyl (C=O) groups excluding carboxylic acids is 1. The standard InChI is InChI=1S/C21H15ClF3NO2/c1-28-17-8-5-13(6-9-17)14-3-2-4-15(11-14)20(27)26-19-12-16(21(23,24)25)7-10-18(19)22/h2-12H,1H3,(H,26,27). The van der Waals surface area contributed by atoms with E-state index in [1.807, 2.05) is 18.2 Å². The van der Waals surface area contributed by atoms with Crippen LogP contribution in [0.3, 0.4) is 0 Å². The van der Waals surface area contributed by atoms with Crippen molar-refractivity contribution < 1.29 is 22.7 Å². The van der Waals surface area contributed by atoms with Gasteiger partial charge < -0.3 is 10.1 Å². The van der Waals surface area contributed by atoms with Gasteiger partial charge in [0.05, 0.1) is 23.4 Å². The van der Waals surface area contributed by atoms with E-state index in [2.05, 4.69) is 5.32 Å². The minimum Gasteiger partial charge on any atom is -0.497 e. The van der Waals surface area contributed by atoms with E-state index < -0.39 is 17.6 Å². The van der Waals surface area contributed by atoms with E-state index in [0.717, 1.165) is 29.3 Å². The van der Waals surface area contributed by atoms with Gasteiger partial charge in [0.2, 0.25) is 0 Å². The molecule has 0 unspecified atom stereocenters.